The standard InChI is InChI=1S/C16H17N3O5S.H2O/c1-7-6-25-15-11(14(22)19(15)12(7)16(23)24)18-13(21)10(17)8-2-4-9(20)5-3-8;/h2-5,10-11,15,20H,6,17H2,1H3,(H,18,21)(H,23,24);1H2/t10?,11?,15-;/m0./s1. The smallest absolute Gasteiger partial charge is 0.352 e. The van der Waals surface area contributed by atoms with Crippen LogP contribution >= 0.6 is 11.8 Å². The molecule has 2 unspecified atom stereocenters. The van der Waals surface area contributed by atoms with Gasteiger partial charge in [-0.15, -0.1) is 11.8 Å². The topological polar surface area (TPSA) is 164 Å². The molecule has 1 fully saturated rings. The van der Waals surface area contributed by atoms with Crippen LogP contribution in [-0.4, -0.2) is 55.5 Å². The zero-order valence-electron chi connectivity index (χ0n) is 13.8. The zero-order chi connectivity index (χ0) is 18.3. The first-order valence-corrected chi connectivity index (χ1v) is 8.58. The number of phenols is 1. The Kier molecular flexibility index (Phi) is 5.59. The number of carbonyl (C=O) groups excluding carboxylic acids is 2. The van der Waals surface area contributed by atoms with E-state index in [1.807, 2.05) is 0 Å². The van der Waals surface area contributed by atoms with Crippen LogP contribution in [0, 0.1) is 0 Å². The summed E-state index contributed by atoms with van der Waals surface area (Å²) in [5, 5.41) is 20.7. The molecule has 9 nitrogen and oxygen atoms in total. The Labute approximate surface area is 153 Å². The summed E-state index contributed by atoms with van der Waals surface area (Å²) in [5.41, 5.74) is 7.00. The number of phenolic OH excluding ortho intramolecular Hbond substituents is 1. The Morgan fingerprint density at radius 1 is 1.35 bits per heavy atom. The summed E-state index contributed by atoms with van der Waals surface area (Å²) in [4.78, 5) is 37.2. The van der Waals surface area contributed by atoms with Crippen molar-refractivity contribution in [3.8, 4) is 5.75 Å². The van der Waals surface area contributed by atoms with E-state index in [1.165, 1.54) is 40.9 Å². The number of nitrogens with zero attached hydrogens (tertiary/aromatic N) is 1. The molecule has 3 rings (SSSR count). The number of carboxylic acids is 1. The van der Waals surface area contributed by atoms with Crippen molar-refractivity contribution in [2.24, 2.45) is 5.73 Å². The first-order valence-electron chi connectivity index (χ1n) is 7.54. The molecule has 10 heteroatoms. The van der Waals surface area contributed by atoms with Gasteiger partial charge in [-0.05, 0) is 30.2 Å². The predicted molar refractivity (Wildman–Crippen MR) is 94.0 cm³/mol. The number of nitrogens with two attached hydrogens (primary N) is 1. The molecular weight excluding hydrogens is 362 g/mol. The van der Waals surface area contributed by atoms with Gasteiger partial charge in [-0.2, -0.15) is 0 Å². The van der Waals surface area contributed by atoms with Gasteiger partial charge in [0.2, 0.25) is 5.91 Å². The number of thioether (sulfide) groups is 1. The van der Waals surface area contributed by atoms with E-state index >= 15 is 0 Å². The second-order valence-corrected chi connectivity index (χ2v) is 7.00. The number of carbonyl (C=O) groups is 3. The lowest BCUT2D eigenvalue weighted by Gasteiger charge is -2.49. The van der Waals surface area contributed by atoms with Gasteiger partial charge in [-0.25, -0.2) is 4.79 Å². The summed E-state index contributed by atoms with van der Waals surface area (Å²) >= 11 is 1.40. The average molecular weight is 381 g/mol. The van der Waals surface area contributed by atoms with Crippen molar-refractivity contribution in [3.63, 3.8) is 0 Å². The summed E-state index contributed by atoms with van der Waals surface area (Å²) < 4.78 is 0. The molecule has 26 heavy (non-hydrogen) atoms. The van der Waals surface area contributed by atoms with E-state index in [2.05, 4.69) is 5.32 Å². The number of rotatable bonds is 4. The minimum absolute atomic E-state index is 0. The Balaban J connectivity index is 0.00000243. The Hall–Kier alpha value is -2.56. The largest absolute Gasteiger partial charge is 0.508 e. The van der Waals surface area contributed by atoms with Crippen LogP contribution in [0.25, 0.3) is 0 Å². The molecule has 2 aliphatic rings. The maximum Gasteiger partial charge on any atom is 0.352 e. The van der Waals surface area contributed by atoms with Crippen LogP contribution in [-0.2, 0) is 14.4 Å². The molecule has 2 amide bonds. The highest BCUT2D eigenvalue weighted by molar-refractivity contribution is 8.00. The van der Waals surface area contributed by atoms with E-state index in [4.69, 9.17) is 5.73 Å². The second-order valence-electron chi connectivity index (χ2n) is 5.90. The minimum atomic E-state index is -1.15. The van der Waals surface area contributed by atoms with Crippen molar-refractivity contribution in [2.45, 2.75) is 24.4 Å². The number of hydrogen-bond acceptors (Lipinski definition) is 6. The van der Waals surface area contributed by atoms with Gasteiger partial charge in [-0.1, -0.05) is 12.1 Å². The maximum absolute atomic E-state index is 12.3. The van der Waals surface area contributed by atoms with Crippen molar-refractivity contribution in [2.75, 3.05) is 5.75 Å². The first-order chi connectivity index (χ1) is 11.8. The lowest BCUT2D eigenvalue weighted by Crippen LogP contribution is -2.71. The molecule has 2 aliphatic heterocycles. The summed E-state index contributed by atoms with van der Waals surface area (Å²) in [7, 11) is 0. The molecular formula is C16H19N3O6S. The number of hydrogen-bond donors (Lipinski definition) is 4. The fraction of sp³-hybridized carbons (Fsp3) is 0.312. The molecule has 0 aliphatic carbocycles. The molecule has 0 spiro atoms. The van der Waals surface area contributed by atoms with E-state index in [-0.39, 0.29) is 16.9 Å². The van der Waals surface area contributed by atoms with Crippen LogP contribution < -0.4 is 11.1 Å². The van der Waals surface area contributed by atoms with Crippen LogP contribution in [0.15, 0.2) is 35.5 Å². The highest BCUT2D eigenvalue weighted by Crippen LogP contribution is 2.40. The van der Waals surface area contributed by atoms with Gasteiger partial charge in [0.05, 0.1) is 0 Å². The van der Waals surface area contributed by atoms with E-state index in [0.717, 1.165) is 0 Å². The van der Waals surface area contributed by atoms with E-state index in [0.29, 0.717) is 16.9 Å². The van der Waals surface area contributed by atoms with Gasteiger partial charge in [0.15, 0.2) is 0 Å². The van der Waals surface area contributed by atoms with E-state index in [9.17, 15) is 24.6 Å². The van der Waals surface area contributed by atoms with Crippen LogP contribution in [0.1, 0.15) is 18.5 Å². The molecule has 1 saturated heterocycles. The molecule has 0 aromatic heterocycles. The molecule has 0 saturated carbocycles. The number of amides is 2. The van der Waals surface area contributed by atoms with Gasteiger partial charge in [0.1, 0.15) is 28.9 Å². The summed E-state index contributed by atoms with van der Waals surface area (Å²) in [6.45, 7) is 1.67. The van der Waals surface area contributed by atoms with Crippen LogP contribution in [0.4, 0.5) is 0 Å². The second kappa shape index (κ2) is 7.36. The number of carboxylic acid groups (broad SMARTS) is 1. The summed E-state index contributed by atoms with van der Waals surface area (Å²) in [6, 6.07) is 4.09. The fourth-order valence-electron chi connectivity index (χ4n) is 2.85. The number of aliphatic carboxylic acids is 1. The van der Waals surface area contributed by atoms with Crippen molar-refractivity contribution < 1.29 is 30.1 Å². The highest BCUT2D eigenvalue weighted by Gasteiger charge is 2.53. The number of fused-ring (bicyclic) bond motifs is 1. The van der Waals surface area contributed by atoms with Crippen molar-refractivity contribution >= 4 is 29.5 Å². The van der Waals surface area contributed by atoms with Crippen LogP contribution in [0.5, 0.6) is 5.75 Å². The third-order valence-corrected chi connectivity index (χ3v) is 5.62. The molecule has 0 bridgehead atoms. The van der Waals surface area contributed by atoms with Gasteiger partial charge >= 0.3 is 5.97 Å². The quantitative estimate of drug-likeness (QED) is 0.502. The Morgan fingerprint density at radius 2 is 1.96 bits per heavy atom. The monoisotopic (exact) mass is 381 g/mol. The SMILES string of the molecule is CC1=C(C(=O)O)N2C(=O)C(NC(=O)C(N)c3ccc(O)cc3)[C@@H]2SC1.O. The first kappa shape index (κ1) is 19.8. The zero-order valence-corrected chi connectivity index (χ0v) is 14.6. The minimum Gasteiger partial charge on any atom is -0.508 e. The lowest BCUT2D eigenvalue weighted by molar-refractivity contribution is -0.150. The van der Waals surface area contributed by atoms with E-state index < -0.39 is 35.2 Å². The van der Waals surface area contributed by atoms with Gasteiger partial charge < -0.3 is 26.7 Å². The van der Waals surface area contributed by atoms with Crippen LogP contribution in [0.2, 0.25) is 0 Å². The third-order valence-electron chi connectivity index (χ3n) is 4.19. The van der Waals surface area contributed by atoms with Gasteiger partial charge in [0.25, 0.3) is 5.91 Å². The molecule has 7 N–H and O–H groups in total. The van der Waals surface area contributed by atoms with E-state index in [1.54, 1.807) is 6.92 Å². The summed E-state index contributed by atoms with van der Waals surface area (Å²) in [5.74, 6) is -1.61. The number of β-lactam (4-membered cyclic amide) rings is 1. The van der Waals surface area contributed by atoms with Crippen molar-refractivity contribution in [1.29, 1.82) is 0 Å². The molecule has 0 radical (unpaired) electrons. The molecule has 1 aromatic carbocycles. The molecule has 3 atom stereocenters. The van der Waals surface area contributed by atoms with Crippen molar-refractivity contribution in [3.05, 3.63) is 41.1 Å². The molecule has 140 valence electrons. The maximum atomic E-state index is 12.3. The Bertz CT molecular complexity index is 779. The average Bonchev–Trinajstić information content (AvgIpc) is 2.58. The third kappa shape index (κ3) is 3.26. The highest BCUT2D eigenvalue weighted by atomic mass is 32.2. The normalized spacial score (nSPS) is 22.7. The fourth-order valence-corrected chi connectivity index (χ4v) is 4.14. The van der Waals surface area contributed by atoms with Gasteiger partial charge in [0, 0.05) is 5.75 Å². The Morgan fingerprint density at radius 3 is 2.54 bits per heavy atom. The number of aromatic hydroxyl groups is 1. The summed E-state index contributed by atoms with van der Waals surface area (Å²) in [6.07, 6.45) is 0. The predicted octanol–water partition coefficient (Wildman–Crippen LogP) is -0.674. The lowest BCUT2D eigenvalue weighted by atomic mass is 10.0. The molecule has 2 heterocycles. The van der Waals surface area contributed by atoms with Crippen LogP contribution in [0.3, 0.4) is 0 Å². The molecule has 1 aromatic rings. The number of benzene rings is 1. The number of nitrogens with one attached hydrogen (secondary N) is 1. The van der Waals surface area contributed by atoms with Gasteiger partial charge in [-0.3, -0.25) is 14.5 Å². The van der Waals surface area contributed by atoms with Crippen molar-refractivity contribution in [1.82, 2.24) is 10.2 Å².